The molecule has 0 atom stereocenters. The fourth-order valence-corrected chi connectivity index (χ4v) is 3.29. The van der Waals surface area contributed by atoms with Gasteiger partial charge in [-0.3, -0.25) is 9.97 Å². The summed E-state index contributed by atoms with van der Waals surface area (Å²) in [5.41, 5.74) is 2.06. The second-order valence-electron chi connectivity index (χ2n) is 4.86. The van der Waals surface area contributed by atoms with Crippen LogP contribution in [0.2, 0.25) is 0 Å². The summed E-state index contributed by atoms with van der Waals surface area (Å²) in [6.07, 6.45) is 7.12. The molecule has 4 nitrogen and oxygen atoms in total. The van der Waals surface area contributed by atoms with Gasteiger partial charge in [0.05, 0.1) is 13.2 Å². The van der Waals surface area contributed by atoms with Crippen LogP contribution in [0.3, 0.4) is 0 Å². The number of rotatable bonds is 7. The highest BCUT2D eigenvalue weighted by atomic mass is 31.2. The Labute approximate surface area is 137 Å². The molecule has 3 aromatic rings. The predicted molar refractivity (Wildman–Crippen MR) is 91.0 cm³/mol. The van der Waals surface area contributed by atoms with Gasteiger partial charge in [-0.1, -0.05) is 30.3 Å². The molecule has 0 fully saturated rings. The minimum absolute atomic E-state index is 0.474. The van der Waals surface area contributed by atoms with Crippen LogP contribution >= 0.6 is 8.38 Å². The Balaban J connectivity index is 1.66. The SMILES string of the molecule is c1ccc(P(OCc2cccnc2)OCc2cccnc2)cc1. The van der Waals surface area contributed by atoms with E-state index in [1.54, 1.807) is 24.8 Å². The Bertz CT molecular complexity index is 652. The molecule has 0 spiro atoms. The zero-order valence-corrected chi connectivity index (χ0v) is 13.5. The Kier molecular flexibility index (Phi) is 5.81. The molecule has 0 saturated heterocycles. The Morgan fingerprint density at radius 3 is 1.74 bits per heavy atom. The summed E-state index contributed by atoms with van der Waals surface area (Å²) in [4.78, 5) is 8.21. The lowest BCUT2D eigenvalue weighted by molar-refractivity contribution is 0.242. The van der Waals surface area contributed by atoms with Gasteiger partial charge in [0, 0.05) is 30.1 Å². The molecule has 0 aliphatic carbocycles. The van der Waals surface area contributed by atoms with Crippen LogP contribution in [-0.2, 0) is 22.3 Å². The zero-order chi connectivity index (χ0) is 15.7. The molecule has 0 amide bonds. The molecular formula is C18H17N2O2P. The highest BCUT2D eigenvalue weighted by molar-refractivity contribution is 7.55. The first-order valence-electron chi connectivity index (χ1n) is 7.30. The smallest absolute Gasteiger partial charge is 0.205 e. The summed E-state index contributed by atoms with van der Waals surface area (Å²) >= 11 is 0. The van der Waals surface area contributed by atoms with Crippen LogP contribution < -0.4 is 5.30 Å². The molecule has 0 aliphatic heterocycles. The summed E-state index contributed by atoms with van der Waals surface area (Å²) in [7, 11) is -1.16. The van der Waals surface area contributed by atoms with Crippen molar-refractivity contribution in [3.05, 3.63) is 90.5 Å². The molecule has 2 aromatic heterocycles. The summed E-state index contributed by atoms with van der Waals surface area (Å²) < 4.78 is 12.0. The van der Waals surface area contributed by atoms with Crippen molar-refractivity contribution in [1.82, 2.24) is 9.97 Å². The van der Waals surface area contributed by atoms with Crippen LogP contribution in [0, 0.1) is 0 Å². The fraction of sp³-hybridized carbons (Fsp3) is 0.111. The highest BCUT2D eigenvalue weighted by Gasteiger charge is 2.14. The van der Waals surface area contributed by atoms with E-state index in [1.165, 1.54) is 0 Å². The Morgan fingerprint density at radius 2 is 1.26 bits per heavy atom. The van der Waals surface area contributed by atoms with Crippen molar-refractivity contribution in [3.63, 3.8) is 0 Å². The lowest BCUT2D eigenvalue weighted by atomic mass is 10.3. The quantitative estimate of drug-likeness (QED) is 0.619. The molecule has 1 aromatic carbocycles. The third-order valence-electron chi connectivity index (χ3n) is 3.11. The Morgan fingerprint density at radius 1 is 0.696 bits per heavy atom. The average molecular weight is 324 g/mol. The van der Waals surface area contributed by atoms with Gasteiger partial charge in [-0.15, -0.1) is 0 Å². The molecule has 0 aliphatic rings. The van der Waals surface area contributed by atoms with Gasteiger partial charge in [0.1, 0.15) is 0 Å². The van der Waals surface area contributed by atoms with Crippen LogP contribution in [0.5, 0.6) is 0 Å². The maximum atomic E-state index is 6.02. The topological polar surface area (TPSA) is 44.2 Å². The van der Waals surface area contributed by atoms with Crippen molar-refractivity contribution in [2.75, 3.05) is 0 Å². The van der Waals surface area contributed by atoms with Gasteiger partial charge in [0.15, 0.2) is 0 Å². The van der Waals surface area contributed by atoms with Crippen molar-refractivity contribution in [2.24, 2.45) is 0 Å². The maximum absolute atomic E-state index is 6.02. The third kappa shape index (κ3) is 4.93. The first-order chi connectivity index (χ1) is 11.4. The van der Waals surface area contributed by atoms with Gasteiger partial charge in [-0.2, -0.15) is 0 Å². The molecule has 116 valence electrons. The van der Waals surface area contributed by atoms with E-state index in [-0.39, 0.29) is 0 Å². The zero-order valence-electron chi connectivity index (χ0n) is 12.6. The van der Waals surface area contributed by atoms with E-state index < -0.39 is 8.38 Å². The molecule has 0 bridgehead atoms. The Hall–Kier alpha value is -2.13. The maximum Gasteiger partial charge on any atom is 0.205 e. The van der Waals surface area contributed by atoms with E-state index in [0.717, 1.165) is 16.4 Å². The molecular weight excluding hydrogens is 307 g/mol. The summed E-state index contributed by atoms with van der Waals surface area (Å²) in [6, 6.07) is 17.8. The summed E-state index contributed by atoms with van der Waals surface area (Å²) in [5, 5.41) is 1.05. The largest absolute Gasteiger partial charge is 0.326 e. The lowest BCUT2D eigenvalue weighted by Gasteiger charge is -2.17. The predicted octanol–water partition coefficient (Wildman–Crippen LogP) is 3.85. The molecule has 0 saturated carbocycles. The molecule has 0 radical (unpaired) electrons. The summed E-state index contributed by atoms with van der Waals surface area (Å²) in [6.45, 7) is 0.947. The second-order valence-corrected chi connectivity index (χ2v) is 6.41. The van der Waals surface area contributed by atoms with Gasteiger partial charge in [-0.25, -0.2) is 0 Å². The van der Waals surface area contributed by atoms with Crippen LogP contribution in [0.25, 0.3) is 0 Å². The number of nitrogens with zero attached hydrogens (tertiary/aromatic N) is 2. The van der Waals surface area contributed by atoms with E-state index in [4.69, 9.17) is 9.05 Å². The van der Waals surface area contributed by atoms with Gasteiger partial charge < -0.3 is 9.05 Å². The monoisotopic (exact) mass is 324 g/mol. The number of hydrogen-bond acceptors (Lipinski definition) is 4. The van der Waals surface area contributed by atoms with Crippen LogP contribution in [0.15, 0.2) is 79.4 Å². The number of benzene rings is 1. The number of hydrogen-bond donors (Lipinski definition) is 0. The normalized spacial score (nSPS) is 10.8. The highest BCUT2D eigenvalue weighted by Crippen LogP contribution is 2.39. The van der Waals surface area contributed by atoms with Crippen molar-refractivity contribution in [2.45, 2.75) is 13.2 Å². The van der Waals surface area contributed by atoms with E-state index in [1.807, 2.05) is 54.6 Å². The van der Waals surface area contributed by atoms with E-state index >= 15 is 0 Å². The molecule has 0 unspecified atom stereocenters. The van der Waals surface area contributed by atoms with Gasteiger partial charge >= 0.3 is 0 Å². The standard InChI is InChI=1S/C18H17N2O2P/c1-2-8-18(9-3-1)23(21-14-16-6-4-10-19-12-16)22-15-17-7-5-11-20-13-17/h1-13H,14-15H2. The van der Waals surface area contributed by atoms with Gasteiger partial charge in [0.2, 0.25) is 8.38 Å². The molecule has 0 N–H and O–H groups in total. The summed E-state index contributed by atoms with van der Waals surface area (Å²) in [5.74, 6) is 0. The van der Waals surface area contributed by atoms with E-state index in [0.29, 0.717) is 13.2 Å². The van der Waals surface area contributed by atoms with E-state index in [9.17, 15) is 0 Å². The number of pyridine rings is 2. The second kappa shape index (κ2) is 8.49. The van der Waals surface area contributed by atoms with E-state index in [2.05, 4.69) is 9.97 Å². The molecule has 2 heterocycles. The minimum Gasteiger partial charge on any atom is -0.326 e. The van der Waals surface area contributed by atoms with Gasteiger partial charge in [-0.05, 0) is 35.4 Å². The first-order valence-corrected chi connectivity index (χ1v) is 8.48. The molecule has 3 rings (SSSR count). The van der Waals surface area contributed by atoms with Crippen molar-refractivity contribution < 1.29 is 9.05 Å². The average Bonchev–Trinajstić information content (AvgIpc) is 2.64. The van der Waals surface area contributed by atoms with Crippen LogP contribution in [0.1, 0.15) is 11.1 Å². The fourth-order valence-electron chi connectivity index (χ4n) is 1.97. The number of aromatic nitrogens is 2. The first kappa shape index (κ1) is 15.8. The van der Waals surface area contributed by atoms with Crippen LogP contribution in [0.4, 0.5) is 0 Å². The van der Waals surface area contributed by atoms with Crippen molar-refractivity contribution in [1.29, 1.82) is 0 Å². The molecule has 23 heavy (non-hydrogen) atoms. The van der Waals surface area contributed by atoms with Crippen LogP contribution in [-0.4, -0.2) is 9.97 Å². The van der Waals surface area contributed by atoms with Crippen molar-refractivity contribution >= 4 is 13.7 Å². The van der Waals surface area contributed by atoms with Crippen molar-refractivity contribution in [3.8, 4) is 0 Å². The third-order valence-corrected chi connectivity index (χ3v) is 4.56. The van der Waals surface area contributed by atoms with Gasteiger partial charge in [0.25, 0.3) is 0 Å². The lowest BCUT2D eigenvalue weighted by Crippen LogP contribution is -2.06. The minimum atomic E-state index is -1.16. The molecule has 5 heteroatoms.